The van der Waals surface area contributed by atoms with Crippen molar-refractivity contribution < 1.29 is 23.9 Å². The van der Waals surface area contributed by atoms with E-state index in [1.807, 2.05) is 0 Å². The number of hydrogen-bond acceptors (Lipinski definition) is 5. The second-order valence-electron chi connectivity index (χ2n) is 7.98. The Bertz CT molecular complexity index is 1420. The Morgan fingerprint density at radius 2 is 0.939 bits per heavy atom. The van der Waals surface area contributed by atoms with Crippen molar-refractivity contribution in [1.82, 2.24) is 0 Å². The summed E-state index contributed by atoms with van der Waals surface area (Å²) in [6.07, 6.45) is 0. The topological polar surface area (TPSA) is 77.5 Å². The molecule has 3 aromatic rings. The highest BCUT2D eigenvalue weighted by atomic mass is 35.5. The summed E-state index contributed by atoms with van der Waals surface area (Å²) in [4.78, 5) is 54.0. The van der Waals surface area contributed by atoms with Gasteiger partial charge in [-0.1, -0.05) is 72.3 Å². The molecule has 0 saturated carbocycles. The van der Waals surface area contributed by atoms with Gasteiger partial charge >= 0.3 is 0 Å². The average Bonchev–Trinajstić information content (AvgIpc) is 2.85. The summed E-state index contributed by atoms with van der Waals surface area (Å²) >= 11 is 6.07. The number of hydrogen-bond donors (Lipinski definition) is 0. The number of ketones is 4. The highest BCUT2D eigenvalue weighted by Gasteiger charge is 2.49. The van der Waals surface area contributed by atoms with Crippen LogP contribution in [0.5, 0.6) is 0 Å². The number of rotatable bonds is 1. The lowest BCUT2D eigenvalue weighted by atomic mass is 9.70. The molecular weight excluding hydrogens is 440 g/mol. The largest absolute Gasteiger partial charge is 0.448 e. The second kappa shape index (κ2) is 6.95. The Labute approximate surface area is 192 Å². The SMILES string of the molecule is O=C1C2=C(C(=O)c3ccccc31)C(c1ccc(Cl)cc1)C1=C(O2)C(=O)c2ccccc2C1=O. The van der Waals surface area contributed by atoms with Crippen molar-refractivity contribution in [2.45, 2.75) is 5.92 Å². The number of Topliss-reactive ketones (excluding diaryl/α,β-unsaturated/α-hetero) is 4. The molecule has 0 N–H and O–H groups in total. The Kier molecular flexibility index (Phi) is 4.13. The van der Waals surface area contributed by atoms with Crippen LogP contribution in [0.4, 0.5) is 0 Å². The Morgan fingerprint density at radius 3 is 1.36 bits per heavy atom. The van der Waals surface area contributed by atoms with E-state index in [0.717, 1.165) is 0 Å². The molecule has 0 amide bonds. The third-order valence-corrected chi connectivity index (χ3v) is 6.46. The van der Waals surface area contributed by atoms with E-state index >= 15 is 0 Å². The van der Waals surface area contributed by atoms with Crippen LogP contribution in [0.2, 0.25) is 5.02 Å². The van der Waals surface area contributed by atoms with Crippen molar-refractivity contribution >= 4 is 34.7 Å². The molecule has 2 aliphatic carbocycles. The van der Waals surface area contributed by atoms with Gasteiger partial charge in [-0.05, 0) is 17.7 Å². The van der Waals surface area contributed by atoms with Gasteiger partial charge in [0.2, 0.25) is 11.6 Å². The first-order chi connectivity index (χ1) is 16.0. The van der Waals surface area contributed by atoms with Crippen molar-refractivity contribution in [3.63, 3.8) is 0 Å². The molecule has 0 saturated heterocycles. The van der Waals surface area contributed by atoms with Gasteiger partial charge < -0.3 is 4.74 Å². The van der Waals surface area contributed by atoms with E-state index in [-0.39, 0.29) is 44.9 Å². The molecule has 33 heavy (non-hydrogen) atoms. The number of allylic oxidation sites excluding steroid dienone is 4. The number of carbonyl (C=O) groups excluding carboxylic acids is 4. The first-order valence-corrected chi connectivity index (χ1v) is 10.6. The van der Waals surface area contributed by atoms with Gasteiger partial charge in [0, 0.05) is 33.2 Å². The minimum absolute atomic E-state index is 0.0558. The average molecular weight is 453 g/mol. The summed E-state index contributed by atoms with van der Waals surface area (Å²) in [5, 5.41) is 0.474. The van der Waals surface area contributed by atoms with Gasteiger partial charge in [0.25, 0.3) is 0 Å². The van der Waals surface area contributed by atoms with Crippen LogP contribution < -0.4 is 0 Å². The summed E-state index contributed by atoms with van der Waals surface area (Å²) in [6.45, 7) is 0. The fourth-order valence-corrected chi connectivity index (χ4v) is 4.83. The predicted octanol–water partition coefficient (Wildman–Crippen LogP) is 5.12. The van der Waals surface area contributed by atoms with Crippen LogP contribution in [0, 0.1) is 0 Å². The fraction of sp³-hybridized carbons (Fsp3) is 0.0370. The van der Waals surface area contributed by atoms with Gasteiger partial charge in [0.1, 0.15) is 0 Å². The van der Waals surface area contributed by atoms with E-state index in [9.17, 15) is 19.2 Å². The molecule has 6 rings (SSSR count). The van der Waals surface area contributed by atoms with Crippen LogP contribution in [0.3, 0.4) is 0 Å². The zero-order valence-corrected chi connectivity index (χ0v) is 17.7. The van der Waals surface area contributed by atoms with E-state index in [0.29, 0.717) is 10.6 Å². The van der Waals surface area contributed by atoms with Gasteiger partial charge in [0.15, 0.2) is 23.1 Å². The molecule has 3 aromatic carbocycles. The summed E-state index contributed by atoms with van der Waals surface area (Å²) in [6, 6.07) is 19.6. The van der Waals surface area contributed by atoms with Crippen molar-refractivity contribution in [2.24, 2.45) is 0 Å². The molecule has 0 spiro atoms. The molecule has 1 heterocycles. The normalized spacial score (nSPS) is 17.4. The predicted molar refractivity (Wildman–Crippen MR) is 120 cm³/mol. The number of benzene rings is 3. The first kappa shape index (κ1) is 19.6. The van der Waals surface area contributed by atoms with E-state index in [1.165, 1.54) is 0 Å². The lowest BCUT2D eigenvalue weighted by molar-refractivity contribution is 0.0822. The zero-order valence-electron chi connectivity index (χ0n) is 16.9. The number of halogens is 1. The minimum Gasteiger partial charge on any atom is -0.448 e. The van der Waals surface area contributed by atoms with Crippen molar-refractivity contribution in [1.29, 1.82) is 0 Å². The highest BCUT2D eigenvalue weighted by Crippen LogP contribution is 2.48. The number of fused-ring (bicyclic) bond motifs is 2. The maximum Gasteiger partial charge on any atom is 0.229 e. The Morgan fingerprint density at radius 1 is 0.545 bits per heavy atom. The molecule has 158 valence electrons. The zero-order chi connectivity index (χ0) is 22.9. The summed E-state index contributed by atoms with van der Waals surface area (Å²) in [7, 11) is 0. The number of ether oxygens (including phenoxy) is 1. The van der Waals surface area contributed by atoms with E-state index in [1.54, 1.807) is 72.8 Å². The molecule has 5 nitrogen and oxygen atoms in total. The summed E-state index contributed by atoms with van der Waals surface area (Å²) in [5.74, 6) is -3.18. The minimum atomic E-state index is -0.948. The van der Waals surface area contributed by atoms with Crippen LogP contribution >= 0.6 is 11.6 Å². The number of carbonyl (C=O) groups is 4. The third-order valence-electron chi connectivity index (χ3n) is 6.21. The van der Waals surface area contributed by atoms with Crippen LogP contribution in [0.25, 0.3) is 0 Å². The molecule has 1 aliphatic heterocycles. The van der Waals surface area contributed by atoms with E-state index in [4.69, 9.17) is 16.3 Å². The fourth-order valence-electron chi connectivity index (χ4n) is 4.71. The monoisotopic (exact) mass is 452 g/mol. The lowest BCUT2D eigenvalue weighted by Crippen LogP contribution is -2.36. The second-order valence-corrected chi connectivity index (χ2v) is 8.42. The molecule has 0 radical (unpaired) electrons. The molecule has 0 atom stereocenters. The molecular formula is C27H13ClO5. The smallest absolute Gasteiger partial charge is 0.229 e. The summed E-state index contributed by atoms with van der Waals surface area (Å²) < 4.78 is 5.84. The maximum absolute atomic E-state index is 13.6. The van der Waals surface area contributed by atoms with Crippen LogP contribution in [0.1, 0.15) is 52.9 Å². The standard InChI is InChI=1S/C27H13ClO5/c28-14-11-9-13(10-12-14)19-20-22(29)15-5-1-3-7-17(15)24(31)26(20)33-27-21(19)23(30)16-6-2-4-8-18(16)25(27)32/h1-12,19H. The van der Waals surface area contributed by atoms with Gasteiger partial charge in [0.05, 0.1) is 11.1 Å². The van der Waals surface area contributed by atoms with Crippen molar-refractivity contribution in [2.75, 3.05) is 0 Å². The Balaban J connectivity index is 1.64. The lowest BCUT2D eigenvalue weighted by Gasteiger charge is -2.35. The first-order valence-electron chi connectivity index (χ1n) is 10.3. The van der Waals surface area contributed by atoms with Crippen molar-refractivity contribution in [3.8, 4) is 0 Å². The van der Waals surface area contributed by atoms with Gasteiger partial charge in [-0.15, -0.1) is 0 Å². The molecule has 0 fully saturated rings. The quantitative estimate of drug-likeness (QED) is 0.512. The van der Waals surface area contributed by atoms with Crippen LogP contribution in [0.15, 0.2) is 95.5 Å². The van der Waals surface area contributed by atoms with E-state index < -0.39 is 29.1 Å². The summed E-state index contributed by atoms with van der Waals surface area (Å²) in [5.41, 5.74) is 1.56. The van der Waals surface area contributed by atoms with E-state index in [2.05, 4.69) is 0 Å². The van der Waals surface area contributed by atoms with Gasteiger partial charge in [-0.3, -0.25) is 19.2 Å². The third kappa shape index (κ3) is 2.66. The van der Waals surface area contributed by atoms with Gasteiger partial charge in [-0.25, -0.2) is 0 Å². The molecule has 0 aromatic heterocycles. The maximum atomic E-state index is 13.6. The van der Waals surface area contributed by atoms with Gasteiger partial charge in [-0.2, -0.15) is 0 Å². The molecule has 6 heteroatoms. The molecule has 0 bridgehead atoms. The molecule has 3 aliphatic rings. The van der Waals surface area contributed by atoms with Crippen LogP contribution in [-0.2, 0) is 4.74 Å². The Hall–Kier alpha value is -4.09. The highest BCUT2D eigenvalue weighted by molar-refractivity contribution is 6.32. The van der Waals surface area contributed by atoms with Crippen LogP contribution in [-0.4, -0.2) is 23.1 Å². The van der Waals surface area contributed by atoms with Crippen molar-refractivity contribution in [3.05, 3.63) is 128 Å². The molecule has 0 unspecified atom stereocenters.